The van der Waals surface area contributed by atoms with Gasteiger partial charge in [0.2, 0.25) is 0 Å². The number of nitrogens with zero attached hydrogens (tertiary/aromatic N) is 1. The molecule has 2 nitrogen and oxygen atoms in total. The van der Waals surface area contributed by atoms with Gasteiger partial charge in [-0.1, -0.05) is 46.3 Å². The molecular weight excluding hydrogens is 324 g/mol. The molecule has 1 heterocycles. The molecule has 2 aromatic carbocycles. The van der Waals surface area contributed by atoms with Crippen LogP contribution in [0.3, 0.4) is 0 Å². The van der Waals surface area contributed by atoms with E-state index in [9.17, 15) is 0 Å². The second kappa shape index (κ2) is 5.82. The lowest BCUT2D eigenvalue weighted by atomic mass is 9.94. The molecule has 2 aromatic rings. The summed E-state index contributed by atoms with van der Waals surface area (Å²) < 4.78 is 1.12. The summed E-state index contributed by atoms with van der Waals surface area (Å²) in [5.41, 5.74) is 2.77. The van der Waals surface area contributed by atoms with E-state index in [-0.39, 0.29) is 5.54 Å². The van der Waals surface area contributed by atoms with Crippen LogP contribution in [0.1, 0.15) is 25.5 Å². The molecule has 0 saturated carbocycles. The highest BCUT2D eigenvalue weighted by Gasteiger charge is 2.33. The Morgan fingerprint density at radius 1 is 1.05 bits per heavy atom. The summed E-state index contributed by atoms with van der Waals surface area (Å²) in [5, 5.41) is 3.67. The Labute approximate surface area is 135 Å². The third-order valence-corrected chi connectivity index (χ3v) is 4.59. The largest absolute Gasteiger partial charge is 0.361 e. The highest BCUT2D eigenvalue weighted by atomic mass is 79.9. The molecule has 1 N–H and O–H groups in total. The van der Waals surface area contributed by atoms with Crippen LogP contribution < -0.4 is 10.2 Å². The number of rotatable bonds is 2. The van der Waals surface area contributed by atoms with E-state index in [1.165, 1.54) is 11.3 Å². The Morgan fingerprint density at radius 2 is 1.71 bits per heavy atom. The van der Waals surface area contributed by atoms with Crippen LogP contribution in [0.4, 0.5) is 5.69 Å². The normalized spacial score (nSPS) is 21.3. The highest BCUT2D eigenvalue weighted by Crippen LogP contribution is 2.32. The second-order valence-corrected chi connectivity index (χ2v) is 7.21. The molecule has 1 fully saturated rings. The van der Waals surface area contributed by atoms with E-state index >= 15 is 0 Å². The van der Waals surface area contributed by atoms with Crippen LogP contribution in [0.25, 0.3) is 0 Å². The average molecular weight is 345 g/mol. The Bertz CT molecular complexity index is 592. The number of hydrogen-bond acceptors (Lipinski definition) is 2. The van der Waals surface area contributed by atoms with Gasteiger partial charge in [0.25, 0.3) is 0 Å². The Morgan fingerprint density at radius 3 is 2.38 bits per heavy atom. The first-order valence-electron chi connectivity index (χ1n) is 7.37. The van der Waals surface area contributed by atoms with Crippen molar-refractivity contribution in [1.29, 1.82) is 0 Å². The molecule has 21 heavy (non-hydrogen) atoms. The summed E-state index contributed by atoms with van der Waals surface area (Å²) in [7, 11) is 0. The van der Waals surface area contributed by atoms with Crippen LogP contribution in [0.15, 0.2) is 59.1 Å². The van der Waals surface area contributed by atoms with Crippen molar-refractivity contribution in [3.05, 3.63) is 64.6 Å². The van der Waals surface area contributed by atoms with Crippen LogP contribution >= 0.6 is 15.9 Å². The summed E-state index contributed by atoms with van der Waals surface area (Å²) in [6, 6.07) is 19.8. The Kier molecular flexibility index (Phi) is 4.05. The SMILES string of the molecule is CC1(C)CN(c2ccc(Br)cc2)C(c2ccccc2)CN1. The third-order valence-electron chi connectivity index (χ3n) is 4.06. The van der Waals surface area contributed by atoms with Crippen molar-refractivity contribution in [2.24, 2.45) is 0 Å². The van der Waals surface area contributed by atoms with Crippen molar-refractivity contribution in [2.75, 3.05) is 18.0 Å². The van der Waals surface area contributed by atoms with E-state index in [2.05, 4.69) is 94.6 Å². The molecule has 1 aliphatic heterocycles. The van der Waals surface area contributed by atoms with Gasteiger partial charge in [0.1, 0.15) is 0 Å². The van der Waals surface area contributed by atoms with Crippen molar-refractivity contribution >= 4 is 21.6 Å². The highest BCUT2D eigenvalue weighted by molar-refractivity contribution is 9.10. The van der Waals surface area contributed by atoms with Crippen molar-refractivity contribution in [3.63, 3.8) is 0 Å². The monoisotopic (exact) mass is 344 g/mol. The van der Waals surface area contributed by atoms with Crippen LogP contribution in [0.2, 0.25) is 0 Å². The molecule has 1 unspecified atom stereocenters. The van der Waals surface area contributed by atoms with E-state index < -0.39 is 0 Å². The van der Waals surface area contributed by atoms with Gasteiger partial charge >= 0.3 is 0 Å². The fourth-order valence-electron chi connectivity index (χ4n) is 2.95. The van der Waals surface area contributed by atoms with Crippen molar-refractivity contribution < 1.29 is 0 Å². The van der Waals surface area contributed by atoms with Crippen LogP contribution in [0.5, 0.6) is 0 Å². The zero-order valence-corrected chi connectivity index (χ0v) is 14.1. The minimum absolute atomic E-state index is 0.123. The summed E-state index contributed by atoms with van der Waals surface area (Å²) in [6.45, 7) is 6.49. The van der Waals surface area contributed by atoms with E-state index in [0.717, 1.165) is 17.6 Å². The maximum atomic E-state index is 3.67. The Balaban J connectivity index is 1.96. The first-order chi connectivity index (χ1) is 10.1. The molecule has 110 valence electrons. The number of anilines is 1. The van der Waals surface area contributed by atoms with Crippen molar-refractivity contribution in [1.82, 2.24) is 5.32 Å². The maximum Gasteiger partial charge on any atom is 0.0668 e. The summed E-state index contributed by atoms with van der Waals surface area (Å²) in [6.07, 6.45) is 0. The van der Waals surface area contributed by atoms with Crippen LogP contribution in [0, 0.1) is 0 Å². The Hall–Kier alpha value is -1.32. The lowest BCUT2D eigenvalue weighted by Crippen LogP contribution is -2.58. The standard InChI is InChI=1S/C18H21BrN2/c1-18(2)13-21(16-10-8-15(19)9-11-16)17(12-20-18)14-6-4-3-5-7-14/h3-11,17,20H,12-13H2,1-2H3. The molecule has 1 aliphatic rings. The lowest BCUT2D eigenvalue weighted by Gasteiger charge is -2.46. The van der Waals surface area contributed by atoms with Gasteiger partial charge in [0.15, 0.2) is 0 Å². The van der Waals surface area contributed by atoms with Gasteiger partial charge in [-0.3, -0.25) is 0 Å². The van der Waals surface area contributed by atoms with Gasteiger partial charge in [-0.05, 0) is 43.7 Å². The van der Waals surface area contributed by atoms with Gasteiger partial charge in [0.05, 0.1) is 6.04 Å². The number of halogens is 1. The molecule has 0 aromatic heterocycles. The number of nitrogens with one attached hydrogen (secondary N) is 1. The van der Waals surface area contributed by atoms with Gasteiger partial charge in [0, 0.05) is 28.8 Å². The molecule has 0 amide bonds. The first-order valence-corrected chi connectivity index (χ1v) is 8.17. The van der Waals surface area contributed by atoms with Crippen molar-refractivity contribution in [2.45, 2.75) is 25.4 Å². The van der Waals surface area contributed by atoms with Gasteiger partial charge < -0.3 is 10.2 Å². The average Bonchev–Trinajstić information content (AvgIpc) is 2.48. The quantitative estimate of drug-likeness (QED) is 0.869. The molecule has 0 radical (unpaired) electrons. The molecule has 1 atom stereocenters. The minimum atomic E-state index is 0.123. The molecule has 0 spiro atoms. The summed E-state index contributed by atoms with van der Waals surface area (Å²) in [4.78, 5) is 2.51. The summed E-state index contributed by atoms with van der Waals surface area (Å²) >= 11 is 3.52. The minimum Gasteiger partial charge on any atom is -0.361 e. The number of hydrogen-bond donors (Lipinski definition) is 1. The number of benzene rings is 2. The van der Waals surface area contributed by atoms with Crippen molar-refractivity contribution in [3.8, 4) is 0 Å². The molecule has 0 bridgehead atoms. The molecule has 0 aliphatic carbocycles. The smallest absolute Gasteiger partial charge is 0.0668 e. The predicted molar refractivity (Wildman–Crippen MR) is 92.8 cm³/mol. The fraction of sp³-hybridized carbons (Fsp3) is 0.333. The second-order valence-electron chi connectivity index (χ2n) is 6.30. The molecule has 3 rings (SSSR count). The molecule has 1 saturated heterocycles. The predicted octanol–water partition coefficient (Wildman–Crippen LogP) is 4.38. The topological polar surface area (TPSA) is 15.3 Å². The molecular formula is C18H21BrN2. The first kappa shape index (κ1) is 14.6. The summed E-state index contributed by atoms with van der Waals surface area (Å²) in [5.74, 6) is 0. The third kappa shape index (κ3) is 3.30. The van der Waals surface area contributed by atoms with Crippen LogP contribution in [-0.2, 0) is 0 Å². The van der Waals surface area contributed by atoms with E-state index in [0.29, 0.717) is 6.04 Å². The van der Waals surface area contributed by atoms with E-state index in [4.69, 9.17) is 0 Å². The van der Waals surface area contributed by atoms with Gasteiger partial charge in [-0.25, -0.2) is 0 Å². The van der Waals surface area contributed by atoms with E-state index in [1.807, 2.05) is 0 Å². The molecule has 3 heteroatoms. The number of piperazine rings is 1. The maximum absolute atomic E-state index is 3.67. The van der Waals surface area contributed by atoms with Gasteiger partial charge in [-0.2, -0.15) is 0 Å². The lowest BCUT2D eigenvalue weighted by molar-refractivity contribution is 0.312. The fourth-order valence-corrected chi connectivity index (χ4v) is 3.22. The van der Waals surface area contributed by atoms with Crippen LogP contribution in [-0.4, -0.2) is 18.6 Å². The zero-order chi connectivity index (χ0) is 14.9. The van der Waals surface area contributed by atoms with Gasteiger partial charge in [-0.15, -0.1) is 0 Å². The van der Waals surface area contributed by atoms with E-state index in [1.54, 1.807) is 0 Å². The zero-order valence-electron chi connectivity index (χ0n) is 12.5.